The second-order valence-electron chi connectivity index (χ2n) is 6.16. The Morgan fingerprint density at radius 1 is 1.26 bits per heavy atom. The van der Waals surface area contributed by atoms with Gasteiger partial charge in [-0.25, -0.2) is 14.8 Å². The van der Waals surface area contributed by atoms with Gasteiger partial charge in [-0.05, 0) is 37.7 Å². The van der Waals surface area contributed by atoms with Crippen molar-refractivity contribution in [2.75, 3.05) is 6.61 Å². The lowest BCUT2D eigenvalue weighted by molar-refractivity contribution is 0.0524. The van der Waals surface area contributed by atoms with Crippen LogP contribution in [0.4, 0.5) is 0 Å². The standard InChI is InChI=1S/C18H19ClN2O2/c1-4-23-17(22)14-11(2)20-16(21-15(14)19)12-5-7-13(8-6-12)18(3)9-10-18/h5-8H,4,9-10H2,1-3H3. The highest BCUT2D eigenvalue weighted by molar-refractivity contribution is 6.32. The van der Waals surface area contributed by atoms with Crippen molar-refractivity contribution >= 4 is 17.6 Å². The number of aryl methyl sites for hydroxylation is 1. The molecule has 23 heavy (non-hydrogen) atoms. The molecular formula is C18H19ClN2O2. The molecule has 1 aliphatic rings. The molecule has 0 spiro atoms. The van der Waals surface area contributed by atoms with Crippen LogP contribution >= 0.6 is 11.6 Å². The number of hydrogen-bond acceptors (Lipinski definition) is 4. The first-order chi connectivity index (χ1) is 10.9. The number of rotatable bonds is 4. The molecule has 2 aromatic rings. The van der Waals surface area contributed by atoms with Gasteiger partial charge >= 0.3 is 5.97 Å². The van der Waals surface area contributed by atoms with Crippen LogP contribution in [0.15, 0.2) is 24.3 Å². The van der Waals surface area contributed by atoms with E-state index in [0.717, 1.165) is 5.56 Å². The third-order valence-electron chi connectivity index (χ3n) is 4.37. The van der Waals surface area contributed by atoms with Gasteiger partial charge in [-0.2, -0.15) is 0 Å². The molecule has 1 aliphatic carbocycles. The van der Waals surface area contributed by atoms with E-state index in [-0.39, 0.29) is 17.3 Å². The Bertz CT molecular complexity index is 729. The molecule has 0 N–H and O–H groups in total. The zero-order chi connectivity index (χ0) is 16.6. The molecule has 0 atom stereocenters. The Balaban J connectivity index is 1.93. The predicted octanol–water partition coefficient (Wildman–Crippen LogP) is 4.33. The lowest BCUT2D eigenvalue weighted by atomic mass is 9.97. The minimum atomic E-state index is -0.487. The normalized spacial score (nSPS) is 15.3. The zero-order valence-corrected chi connectivity index (χ0v) is 14.3. The van der Waals surface area contributed by atoms with Gasteiger partial charge in [0.2, 0.25) is 0 Å². The molecule has 1 saturated carbocycles. The van der Waals surface area contributed by atoms with Crippen molar-refractivity contribution in [1.29, 1.82) is 0 Å². The van der Waals surface area contributed by atoms with E-state index in [1.165, 1.54) is 18.4 Å². The summed E-state index contributed by atoms with van der Waals surface area (Å²) in [7, 11) is 0. The van der Waals surface area contributed by atoms with Gasteiger partial charge in [0.05, 0.1) is 12.3 Å². The Labute approximate surface area is 140 Å². The second kappa shape index (κ2) is 5.93. The lowest BCUT2D eigenvalue weighted by Gasteiger charge is -2.11. The summed E-state index contributed by atoms with van der Waals surface area (Å²) in [5.41, 5.74) is 3.32. The van der Waals surface area contributed by atoms with Gasteiger partial charge in [-0.15, -0.1) is 0 Å². The number of ether oxygens (including phenoxy) is 1. The molecule has 4 nitrogen and oxygen atoms in total. The largest absolute Gasteiger partial charge is 0.462 e. The maximum atomic E-state index is 11.9. The number of halogens is 1. The molecule has 0 unspecified atom stereocenters. The summed E-state index contributed by atoms with van der Waals surface area (Å²) in [6, 6.07) is 8.25. The SMILES string of the molecule is CCOC(=O)c1c(C)nc(-c2ccc(C3(C)CC3)cc2)nc1Cl. The Morgan fingerprint density at radius 3 is 2.43 bits per heavy atom. The van der Waals surface area contributed by atoms with Crippen LogP contribution in [-0.4, -0.2) is 22.5 Å². The van der Waals surface area contributed by atoms with E-state index in [4.69, 9.17) is 16.3 Å². The predicted molar refractivity (Wildman–Crippen MR) is 89.8 cm³/mol. The lowest BCUT2D eigenvalue weighted by Crippen LogP contribution is -2.11. The van der Waals surface area contributed by atoms with Crippen molar-refractivity contribution in [1.82, 2.24) is 9.97 Å². The van der Waals surface area contributed by atoms with E-state index in [9.17, 15) is 4.79 Å². The van der Waals surface area contributed by atoms with Gasteiger partial charge in [0.25, 0.3) is 0 Å². The number of carbonyl (C=O) groups is 1. The second-order valence-corrected chi connectivity index (χ2v) is 6.51. The average molecular weight is 331 g/mol. The highest BCUT2D eigenvalue weighted by Crippen LogP contribution is 2.47. The molecule has 1 fully saturated rings. The van der Waals surface area contributed by atoms with Crippen molar-refractivity contribution in [2.24, 2.45) is 0 Å². The van der Waals surface area contributed by atoms with Gasteiger partial charge in [0, 0.05) is 5.56 Å². The number of carbonyl (C=O) groups excluding carboxylic acids is 1. The smallest absolute Gasteiger partial charge is 0.343 e. The molecule has 0 saturated heterocycles. The molecule has 0 aliphatic heterocycles. The maximum Gasteiger partial charge on any atom is 0.343 e. The first-order valence-electron chi connectivity index (χ1n) is 7.77. The summed E-state index contributed by atoms with van der Waals surface area (Å²) >= 11 is 6.18. The summed E-state index contributed by atoms with van der Waals surface area (Å²) in [5, 5.41) is 0.129. The van der Waals surface area contributed by atoms with E-state index in [2.05, 4.69) is 29.0 Å². The van der Waals surface area contributed by atoms with E-state index >= 15 is 0 Å². The molecule has 1 aromatic heterocycles. The zero-order valence-electron chi connectivity index (χ0n) is 13.5. The minimum Gasteiger partial charge on any atom is -0.462 e. The number of esters is 1. The molecule has 3 rings (SSSR count). The number of benzene rings is 1. The van der Waals surface area contributed by atoms with Gasteiger partial charge in [0.1, 0.15) is 10.7 Å². The summed E-state index contributed by atoms with van der Waals surface area (Å²) in [4.78, 5) is 20.6. The molecule has 5 heteroatoms. The van der Waals surface area contributed by atoms with E-state index in [1.54, 1.807) is 13.8 Å². The third kappa shape index (κ3) is 3.08. The fourth-order valence-electron chi connectivity index (χ4n) is 2.60. The average Bonchev–Trinajstić information content (AvgIpc) is 3.26. The summed E-state index contributed by atoms with van der Waals surface area (Å²) in [6.45, 7) is 6.05. The van der Waals surface area contributed by atoms with Crippen LogP contribution in [0.1, 0.15) is 48.3 Å². The van der Waals surface area contributed by atoms with Crippen LogP contribution in [0.5, 0.6) is 0 Å². The summed E-state index contributed by atoms with van der Waals surface area (Å²) in [6.07, 6.45) is 2.48. The quantitative estimate of drug-likeness (QED) is 0.618. The number of aromatic nitrogens is 2. The first kappa shape index (κ1) is 15.9. The maximum absolute atomic E-state index is 11.9. The molecule has 0 bridgehead atoms. The Hall–Kier alpha value is -1.94. The fourth-order valence-corrected chi connectivity index (χ4v) is 2.89. The topological polar surface area (TPSA) is 52.1 Å². The fraction of sp³-hybridized carbons (Fsp3) is 0.389. The molecule has 0 radical (unpaired) electrons. The van der Waals surface area contributed by atoms with Crippen molar-refractivity contribution in [3.63, 3.8) is 0 Å². The van der Waals surface area contributed by atoms with Crippen molar-refractivity contribution in [3.8, 4) is 11.4 Å². The van der Waals surface area contributed by atoms with Gasteiger partial charge in [-0.3, -0.25) is 0 Å². The van der Waals surface area contributed by atoms with Gasteiger partial charge in [0.15, 0.2) is 5.82 Å². The Kier molecular flexibility index (Phi) is 4.11. The third-order valence-corrected chi connectivity index (χ3v) is 4.64. The van der Waals surface area contributed by atoms with Crippen LogP contribution in [-0.2, 0) is 10.2 Å². The summed E-state index contributed by atoms with van der Waals surface area (Å²) in [5.74, 6) is 0.0339. The van der Waals surface area contributed by atoms with Crippen LogP contribution in [0, 0.1) is 6.92 Å². The Morgan fingerprint density at radius 2 is 1.91 bits per heavy atom. The number of nitrogens with zero attached hydrogens (tertiary/aromatic N) is 2. The van der Waals surface area contributed by atoms with Gasteiger partial charge in [-0.1, -0.05) is 42.8 Å². The van der Waals surface area contributed by atoms with Crippen molar-refractivity contribution in [3.05, 3.63) is 46.2 Å². The van der Waals surface area contributed by atoms with E-state index < -0.39 is 5.97 Å². The minimum absolute atomic E-state index is 0.129. The van der Waals surface area contributed by atoms with E-state index in [0.29, 0.717) is 16.9 Å². The molecule has 1 aromatic carbocycles. The molecule has 120 valence electrons. The molecule has 0 amide bonds. The highest BCUT2D eigenvalue weighted by Gasteiger charge is 2.38. The summed E-state index contributed by atoms with van der Waals surface area (Å²) < 4.78 is 4.99. The van der Waals surface area contributed by atoms with Crippen LogP contribution in [0.3, 0.4) is 0 Å². The first-order valence-corrected chi connectivity index (χ1v) is 8.14. The van der Waals surface area contributed by atoms with Crippen LogP contribution in [0.25, 0.3) is 11.4 Å². The van der Waals surface area contributed by atoms with Crippen molar-refractivity contribution in [2.45, 2.75) is 39.0 Å². The van der Waals surface area contributed by atoms with Gasteiger partial charge < -0.3 is 4.74 Å². The highest BCUT2D eigenvalue weighted by atomic mass is 35.5. The van der Waals surface area contributed by atoms with Crippen LogP contribution in [0.2, 0.25) is 5.15 Å². The van der Waals surface area contributed by atoms with Crippen molar-refractivity contribution < 1.29 is 9.53 Å². The number of hydrogen-bond donors (Lipinski definition) is 0. The molecule has 1 heterocycles. The van der Waals surface area contributed by atoms with Crippen LogP contribution < -0.4 is 0 Å². The van der Waals surface area contributed by atoms with E-state index in [1.807, 2.05) is 12.1 Å². The monoisotopic (exact) mass is 330 g/mol. The molecular weight excluding hydrogens is 312 g/mol.